The Morgan fingerprint density at radius 3 is 2.53 bits per heavy atom. The smallest absolute Gasteiger partial charge is 0.119 e. The van der Waals surface area contributed by atoms with Crippen LogP contribution in [-0.2, 0) is 0 Å². The number of likely N-dealkylation sites (tertiary alicyclic amines) is 1. The van der Waals surface area contributed by atoms with Crippen LogP contribution in [-0.4, -0.2) is 38.2 Å². The number of nitrogens with zero attached hydrogens (tertiary/aromatic N) is 1. The van der Waals surface area contributed by atoms with Crippen molar-refractivity contribution < 1.29 is 4.74 Å². The van der Waals surface area contributed by atoms with E-state index in [1.165, 1.54) is 31.6 Å². The lowest BCUT2D eigenvalue weighted by atomic mass is 9.97. The molecule has 0 atom stereocenters. The Morgan fingerprint density at radius 1 is 1.21 bits per heavy atom. The quantitative estimate of drug-likeness (QED) is 0.852. The van der Waals surface area contributed by atoms with Crippen molar-refractivity contribution in [3.63, 3.8) is 0 Å². The second-order valence-corrected chi connectivity index (χ2v) is 5.50. The average molecular weight is 262 g/mol. The van der Waals surface area contributed by atoms with E-state index in [2.05, 4.69) is 36.3 Å². The lowest BCUT2D eigenvalue weighted by molar-refractivity contribution is 0.226. The number of anilines is 1. The minimum atomic E-state index is 0.794. The van der Waals surface area contributed by atoms with Gasteiger partial charge in [0.15, 0.2) is 0 Å². The number of hydrogen-bond donors (Lipinski definition) is 1. The highest BCUT2D eigenvalue weighted by Crippen LogP contribution is 2.19. The lowest BCUT2D eigenvalue weighted by Crippen LogP contribution is -2.32. The van der Waals surface area contributed by atoms with Crippen LogP contribution in [0.4, 0.5) is 5.69 Å². The third kappa shape index (κ3) is 4.75. The first kappa shape index (κ1) is 14.2. The molecule has 0 unspecified atom stereocenters. The van der Waals surface area contributed by atoms with E-state index in [-0.39, 0.29) is 0 Å². The van der Waals surface area contributed by atoms with Crippen molar-refractivity contribution in [1.29, 1.82) is 0 Å². The van der Waals surface area contributed by atoms with E-state index in [4.69, 9.17) is 4.74 Å². The van der Waals surface area contributed by atoms with E-state index in [1.54, 1.807) is 0 Å². The Kier molecular flexibility index (Phi) is 5.52. The summed E-state index contributed by atoms with van der Waals surface area (Å²) in [6, 6.07) is 8.32. The number of ether oxygens (including phenoxy) is 1. The van der Waals surface area contributed by atoms with Gasteiger partial charge < -0.3 is 15.0 Å². The maximum Gasteiger partial charge on any atom is 0.119 e. The second kappa shape index (κ2) is 7.39. The van der Waals surface area contributed by atoms with Crippen LogP contribution in [0.1, 0.15) is 26.2 Å². The van der Waals surface area contributed by atoms with Gasteiger partial charge in [0.05, 0.1) is 6.61 Å². The Balaban J connectivity index is 1.73. The van der Waals surface area contributed by atoms with Crippen molar-refractivity contribution in [1.82, 2.24) is 4.90 Å². The molecule has 3 nitrogen and oxygen atoms in total. The molecule has 1 saturated heterocycles. The fourth-order valence-corrected chi connectivity index (χ4v) is 2.42. The Morgan fingerprint density at radius 2 is 1.89 bits per heavy atom. The van der Waals surface area contributed by atoms with Crippen LogP contribution in [0.25, 0.3) is 0 Å². The van der Waals surface area contributed by atoms with Gasteiger partial charge in [-0.2, -0.15) is 0 Å². The van der Waals surface area contributed by atoms with Crippen molar-refractivity contribution in [2.45, 2.75) is 26.2 Å². The molecule has 1 fully saturated rings. The first-order valence-electron chi connectivity index (χ1n) is 7.43. The lowest BCUT2D eigenvalue weighted by Gasteiger charge is -2.29. The molecule has 0 bridgehead atoms. The minimum Gasteiger partial charge on any atom is -0.494 e. The predicted octanol–water partition coefficient (Wildman–Crippen LogP) is 3.23. The molecule has 0 amide bonds. The van der Waals surface area contributed by atoms with Gasteiger partial charge in [0.1, 0.15) is 5.75 Å². The molecule has 0 aromatic heterocycles. The highest BCUT2D eigenvalue weighted by Gasteiger charge is 2.15. The molecule has 1 aliphatic rings. The molecule has 19 heavy (non-hydrogen) atoms. The highest BCUT2D eigenvalue weighted by atomic mass is 16.5. The normalized spacial score (nSPS) is 17.4. The first-order chi connectivity index (χ1) is 9.28. The zero-order valence-electron chi connectivity index (χ0n) is 12.2. The molecule has 3 heteroatoms. The maximum absolute atomic E-state index is 5.58. The first-order valence-corrected chi connectivity index (χ1v) is 7.43. The van der Waals surface area contributed by atoms with Gasteiger partial charge in [-0.05, 0) is 69.6 Å². The van der Waals surface area contributed by atoms with Gasteiger partial charge in [0.2, 0.25) is 0 Å². The molecule has 1 aliphatic heterocycles. The summed E-state index contributed by atoms with van der Waals surface area (Å²) >= 11 is 0. The topological polar surface area (TPSA) is 24.5 Å². The van der Waals surface area contributed by atoms with Crippen LogP contribution in [0.3, 0.4) is 0 Å². The van der Waals surface area contributed by atoms with Crippen LogP contribution in [0.2, 0.25) is 0 Å². The third-order valence-corrected chi connectivity index (χ3v) is 3.76. The fourth-order valence-electron chi connectivity index (χ4n) is 2.42. The van der Waals surface area contributed by atoms with Crippen molar-refractivity contribution in [3.8, 4) is 5.75 Å². The Labute approximate surface area is 116 Å². The van der Waals surface area contributed by atoms with Gasteiger partial charge in [-0.1, -0.05) is 6.92 Å². The van der Waals surface area contributed by atoms with Crippen LogP contribution in [0, 0.1) is 5.92 Å². The summed E-state index contributed by atoms with van der Waals surface area (Å²) in [5.41, 5.74) is 1.20. The molecule has 0 spiro atoms. The van der Waals surface area contributed by atoms with E-state index in [0.29, 0.717) is 0 Å². The molecule has 1 heterocycles. The van der Waals surface area contributed by atoms with E-state index < -0.39 is 0 Å². The molecule has 106 valence electrons. The van der Waals surface area contributed by atoms with Crippen LogP contribution in [0.5, 0.6) is 5.75 Å². The Bertz CT molecular complexity index is 356. The summed E-state index contributed by atoms with van der Waals surface area (Å²) in [6.45, 7) is 6.47. The van der Waals surface area contributed by atoms with E-state index in [1.807, 2.05) is 12.1 Å². The summed E-state index contributed by atoms with van der Waals surface area (Å²) in [5, 5.41) is 3.54. The second-order valence-electron chi connectivity index (χ2n) is 5.50. The summed E-state index contributed by atoms with van der Waals surface area (Å²) < 4.78 is 5.58. The number of rotatable bonds is 6. The van der Waals surface area contributed by atoms with Crippen molar-refractivity contribution >= 4 is 5.69 Å². The van der Waals surface area contributed by atoms with Crippen LogP contribution < -0.4 is 10.1 Å². The summed E-state index contributed by atoms with van der Waals surface area (Å²) in [4.78, 5) is 2.41. The number of piperidine rings is 1. The van der Waals surface area contributed by atoms with Crippen LogP contribution in [0.15, 0.2) is 24.3 Å². The summed E-state index contributed by atoms with van der Waals surface area (Å²) in [5.74, 6) is 1.78. The third-order valence-electron chi connectivity index (χ3n) is 3.76. The molecule has 1 aromatic rings. The van der Waals surface area contributed by atoms with E-state index >= 15 is 0 Å². The Hall–Kier alpha value is -1.22. The van der Waals surface area contributed by atoms with Gasteiger partial charge in [0.25, 0.3) is 0 Å². The van der Waals surface area contributed by atoms with Gasteiger partial charge in [-0.3, -0.25) is 0 Å². The molecule has 0 aliphatic carbocycles. The van der Waals surface area contributed by atoms with E-state index in [9.17, 15) is 0 Å². The monoisotopic (exact) mass is 262 g/mol. The maximum atomic E-state index is 5.58. The average Bonchev–Trinajstić information content (AvgIpc) is 2.46. The van der Waals surface area contributed by atoms with Gasteiger partial charge in [0, 0.05) is 12.2 Å². The number of benzene rings is 1. The molecular weight excluding hydrogens is 236 g/mol. The molecule has 0 radical (unpaired) electrons. The zero-order chi connectivity index (χ0) is 13.5. The number of hydrogen-bond acceptors (Lipinski definition) is 3. The zero-order valence-corrected chi connectivity index (χ0v) is 12.2. The van der Waals surface area contributed by atoms with Gasteiger partial charge >= 0.3 is 0 Å². The number of nitrogens with one attached hydrogen (secondary N) is 1. The summed E-state index contributed by atoms with van der Waals surface area (Å²) in [7, 11) is 2.21. The standard InChI is InChI=1S/C16H26N2O/c1-3-12-19-16-6-4-15(5-7-16)17-13-14-8-10-18(2)11-9-14/h4-7,14,17H,3,8-13H2,1-2H3. The van der Waals surface area contributed by atoms with E-state index in [0.717, 1.165) is 31.2 Å². The van der Waals surface area contributed by atoms with Crippen LogP contribution >= 0.6 is 0 Å². The molecule has 1 aromatic carbocycles. The minimum absolute atomic E-state index is 0.794. The highest BCUT2D eigenvalue weighted by molar-refractivity contribution is 5.46. The molecule has 1 N–H and O–H groups in total. The molecule has 0 saturated carbocycles. The SMILES string of the molecule is CCCOc1ccc(NCC2CCN(C)CC2)cc1. The van der Waals surface area contributed by atoms with Crippen molar-refractivity contribution in [2.24, 2.45) is 5.92 Å². The predicted molar refractivity (Wildman–Crippen MR) is 80.9 cm³/mol. The van der Waals surface area contributed by atoms with Gasteiger partial charge in [-0.15, -0.1) is 0 Å². The largest absolute Gasteiger partial charge is 0.494 e. The summed E-state index contributed by atoms with van der Waals surface area (Å²) in [6.07, 6.45) is 3.67. The van der Waals surface area contributed by atoms with Gasteiger partial charge in [-0.25, -0.2) is 0 Å². The molecular formula is C16H26N2O. The molecule has 2 rings (SSSR count). The van der Waals surface area contributed by atoms with Crippen molar-refractivity contribution in [2.75, 3.05) is 38.6 Å². The fraction of sp³-hybridized carbons (Fsp3) is 0.625. The van der Waals surface area contributed by atoms with Crippen molar-refractivity contribution in [3.05, 3.63) is 24.3 Å².